The molecule has 0 atom stereocenters. The Hall–Kier alpha value is -0.450. The Balaban J connectivity index is 0.00000280. The van der Waals surface area contributed by atoms with E-state index in [1.165, 1.54) is 38.6 Å². The smallest absolute Gasteiger partial charge is 0.193 e. The molecular formula is C20H36IN5OS. The van der Waals surface area contributed by atoms with Crippen LogP contribution in [-0.4, -0.2) is 74.2 Å². The number of ether oxygens (including phenoxy) is 1. The lowest BCUT2D eigenvalue weighted by Gasteiger charge is -2.43. The zero-order valence-corrected chi connectivity index (χ0v) is 20.7. The maximum atomic E-state index is 5.54. The molecule has 2 fully saturated rings. The molecule has 1 saturated carbocycles. The van der Waals surface area contributed by atoms with Crippen LogP contribution in [0.3, 0.4) is 0 Å². The van der Waals surface area contributed by atoms with Crippen LogP contribution < -0.4 is 5.32 Å². The van der Waals surface area contributed by atoms with E-state index in [9.17, 15) is 0 Å². The molecule has 0 radical (unpaired) electrons. The highest BCUT2D eigenvalue weighted by Gasteiger charge is 2.34. The zero-order valence-electron chi connectivity index (χ0n) is 17.6. The Morgan fingerprint density at radius 2 is 2.04 bits per heavy atom. The van der Waals surface area contributed by atoms with Crippen molar-refractivity contribution in [1.29, 1.82) is 0 Å². The van der Waals surface area contributed by atoms with Crippen molar-refractivity contribution in [2.24, 2.45) is 10.4 Å². The SMILES string of the molecule is CN=C(NCC1(CN2CCOCC2)CCCCC1)N(C)Cc1csc(C)n1.I. The number of hydrogen-bond donors (Lipinski definition) is 1. The van der Waals surface area contributed by atoms with E-state index in [0.29, 0.717) is 5.41 Å². The van der Waals surface area contributed by atoms with Gasteiger partial charge in [0.1, 0.15) is 0 Å². The van der Waals surface area contributed by atoms with Crippen LogP contribution in [0.5, 0.6) is 0 Å². The molecule has 0 unspecified atom stereocenters. The second-order valence-corrected chi connectivity index (χ2v) is 9.13. The van der Waals surface area contributed by atoms with Gasteiger partial charge < -0.3 is 15.0 Å². The zero-order chi connectivity index (χ0) is 19.1. The second-order valence-electron chi connectivity index (χ2n) is 8.06. The molecule has 1 aromatic heterocycles. The summed E-state index contributed by atoms with van der Waals surface area (Å²) in [7, 11) is 3.97. The fourth-order valence-electron chi connectivity index (χ4n) is 4.38. The molecule has 8 heteroatoms. The first-order chi connectivity index (χ1) is 13.1. The van der Waals surface area contributed by atoms with Crippen molar-refractivity contribution >= 4 is 41.3 Å². The summed E-state index contributed by atoms with van der Waals surface area (Å²) in [5, 5.41) is 6.95. The average molecular weight is 522 g/mol. The Morgan fingerprint density at radius 1 is 1.32 bits per heavy atom. The molecule has 1 aliphatic heterocycles. The lowest BCUT2D eigenvalue weighted by molar-refractivity contribution is 0.00810. The van der Waals surface area contributed by atoms with Crippen molar-refractivity contribution < 1.29 is 4.74 Å². The third-order valence-electron chi connectivity index (χ3n) is 5.84. The number of morpholine rings is 1. The van der Waals surface area contributed by atoms with Gasteiger partial charge in [-0.3, -0.25) is 9.89 Å². The van der Waals surface area contributed by atoms with E-state index in [0.717, 1.165) is 56.1 Å². The van der Waals surface area contributed by atoms with Gasteiger partial charge >= 0.3 is 0 Å². The molecule has 1 N–H and O–H groups in total. The molecule has 0 amide bonds. The van der Waals surface area contributed by atoms with Gasteiger partial charge in [0.25, 0.3) is 0 Å². The van der Waals surface area contributed by atoms with E-state index < -0.39 is 0 Å². The van der Waals surface area contributed by atoms with E-state index in [-0.39, 0.29) is 24.0 Å². The van der Waals surface area contributed by atoms with Crippen molar-refractivity contribution in [2.75, 3.05) is 53.5 Å². The number of nitrogens with one attached hydrogen (secondary N) is 1. The van der Waals surface area contributed by atoms with Crippen LogP contribution in [-0.2, 0) is 11.3 Å². The minimum atomic E-state index is 0. The summed E-state index contributed by atoms with van der Waals surface area (Å²) in [6.45, 7) is 8.91. The Labute approximate surface area is 191 Å². The third-order valence-corrected chi connectivity index (χ3v) is 6.66. The number of halogens is 1. The van der Waals surface area contributed by atoms with Gasteiger partial charge in [-0.25, -0.2) is 4.98 Å². The van der Waals surface area contributed by atoms with Crippen molar-refractivity contribution in [1.82, 2.24) is 20.1 Å². The number of thiazole rings is 1. The molecule has 2 heterocycles. The standard InChI is InChI=1S/C20H35N5OS.HI/c1-17-23-18(14-27-17)13-24(3)19(21-2)22-15-20(7-5-4-6-8-20)16-25-9-11-26-12-10-25;/h14H,4-13,15-16H2,1-3H3,(H,21,22);1H. The quantitative estimate of drug-likeness (QED) is 0.354. The lowest BCUT2D eigenvalue weighted by atomic mass is 9.73. The number of guanidine groups is 1. The largest absolute Gasteiger partial charge is 0.379 e. The molecule has 1 aliphatic carbocycles. The number of hydrogen-bond acceptors (Lipinski definition) is 5. The first-order valence-corrected chi connectivity index (χ1v) is 11.1. The number of aryl methyl sites for hydroxylation is 1. The maximum Gasteiger partial charge on any atom is 0.193 e. The van der Waals surface area contributed by atoms with E-state index in [4.69, 9.17) is 4.74 Å². The normalized spacial score (nSPS) is 20.5. The van der Waals surface area contributed by atoms with Crippen molar-refractivity contribution in [2.45, 2.75) is 45.6 Å². The summed E-state index contributed by atoms with van der Waals surface area (Å²) < 4.78 is 5.54. The van der Waals surface area contributed by atoms with Crippen LogP contribution in [0.2, 0.25) is 0 Å². The van der Waals surface area contributed by atoms with Crippen molar-refractivity contribution in [3.05, 3.63) is 16.1 Å². The predicted octanol–water partition coefficient (Wildman–Crippen LogP) is 3.36. The van der Waals surface area contributed by atoms with E-state index >= 15 is 0 Å². The lowest BCUT2D eigenvalue weighted by Crippen LogP contribution is -2.51. The van der Waals surface area contributed by atoms with Gasteiger partial charge in [0.05, 0.1) is 30.5 Å². The predicted molar refractivity (Wildman–Crippen MR) is 128 cm³/mol. The van der Waals surface area contributed by atoms with E-state index in [1.807, 2.05) is 7.05 Å². The van der Waals surface area contributed by atoms with Crippen LogP contribution in [0.15, 0.2) is 10.4 Å². The molecular weight excluding hydrogens is 485 g/mol. The van der Waals surface area contributed by atoms with Crippen LogP contribution in [0.4, 0.5) is 0 Å². The van der Waals surface area contributed by atoms with Gasteiger partial charge in [-0.15, -0.1) is 35.3 Å². The average Bonchev–Trinajstić information content (AvgIpc) is 3.08. The van der Waals surface area contributed by atoms with Gasteiger partial charge in [0, 0.05) is 51.1 Å². The summed E-state index contributed by atoms with van der Waals surface area (Å²) in [5.74, 6) is 0.965. The molecule has 2 aliphatic rings. The molecule has 6 nitrogen and oxygen atoms in total. The number of aromatic nitrogens is 1. The molecule has 3 rings (SSSR count). The van der Waals surface area contributed by atoms with Crippen molar-refractivity contribution in [3.8, 4) is 0 Å². The Bertz CT molecular complexity index is 611. The topological polar surface area (TPSA) is 53.0 Å². The van der Waals surface area contributed by atoms with Crippen LogP contribution >= 0.6 is 35.3 Å². The highest BCUT2D eigenvalue weighted by Crippen LogP contribution is 2.36. The maximum absolute atomic E-state index is 5.54. The van der Waals surface area contributed by atoms with Crippen LogP contribution in [0, 0.1) is 12.3 Å². The van der Waals surface area contributed by atoms with Crippen LogP contribution in [0.1, 0.15) is 42.8 Å². The number of aliphatic imine (C=N–C) groups is 1. The molecule has 160 valence electrons. The van der Waals surface area contributed by atoms with Crippen molar-refractivity contribution in [3.63, 3.8) is 0 Å². The third kappa shape index (κ3) is 6.81. The molecule has 0 spiro atoms. The summed E-state index contributed by atoms with van der Waals surface area (Å²) >= 11 is 1.71. The number of nitrogens with zero attached hydrogens (tertiary/aromatic N) is 4. The second kappa shape index (κ2) is 11.7. The van der Waals surface area contributed by atoms with Gasteiger partial charge in [0.15, 0.2) is 5.96 Å². The highest BCUT2D eigenvalue weighted by atomic mass is 127. The fraction of sp³-hybridized carbons (Fsp3) is 0.800. The summed E-state index contributed by atoms with van der Waals surface area (Å²) in [5.41, 5.74) is 1.47. The monoisotopic (exact) mass is 521 g/mol. The molecule has 0 bridgehead atoms. The fourth-order valence-corrected chi connectivity index (χ4v) is 4.98. The molecule has 0 aromatic carbocycles. The van der Waals surface area contributed by atoms with Crippen LogP contribution in [0.25, 0.3) is 0 Å². The van der Waals surface area contributed by atoms with E-state index in [1.54, 1.807) is 11.3 Å². The van der Waals surface area contributed by atoms with Gasteiger partial charge in [0.2, 0.25) is 0 Å². The first kappa shape index (κ1) is 23.8. The first-order valence-electron chi connectivity index (χ1n) is 10.2. The summed E-state index contributed by atoms with van der Waals surface area (Å²) in [6.07, 6.45) is 6.69. The summed E-state index contributed by atoms with van der Waals surface area (Å²) in [6, 6.07) is 0. The molecule has 1 saturated heterocycles. The van der Waals surface area contributed by atoms with Gasteiger partial charge in [-0.05, 0) is 19.8 Å². The Morgan fingerprint density at radius 3 is 2.64 bits per heavy atom. The molecule has 1 aromatic rings. The van der Waals surface area contributed by atoms with Gasteiger partial charge in [-0.1, -0.05) is 19.3 Å². The number of rotatable bonds is 6. The Kier molecular flexibility index (Phi) is 9.92. The minimum absolute atomic E-state index is 0. The minimum Gasteiger partial charge on any atom is -0.379 e. The van der Waals surface area contributed by atoms with Gasteiger partial charge in [-0.2, -0.15) is 0 Å². The molecule has 28 heavy (non-hydrogen) atoms. The highest BCUT2D eigenvalue weighted by molar-refractivity contribution is 14.0. The summed E-state index contributed by atoms with van der Waals surface area (Å²) in [4.78, 5) is 13.9. The van der Waals surface area contributed by atoms with E-state index in [2.05, 4.69) is 44.4 Å².